The van der Waals surface area contributed by atoms with E-state index in [1.807, 2.05) is 0 Å². The molecule has 0 aromatic heterocycles. The maximum atomic E-state index is 12.4. The molecule has 2 fully saturated rings. The van der Waals surface area contributed by atoms with E-state index in [0.717, 1.165) is 48.5 Å². The minimum Gasteiger partial charge on any atom is -0.463 e. The number of hydrogen-bond donors (Lipinski definition) is 1. The average Bonchev–Trinajstić information content (AvgIpc) is 2.95. The SMILES string of the molecule is CC(=O)OCC1O[C@@H](O[C@@H]2C(OC(C)=O)[C@@H](OC(=N)C(Cl)(Cl)Cl)OC(COC(C)=O)[C@H]2OC(C)=O)C(OC(C)=O)[C@@H](OC(C)=O)[C@@H]1OC(C)=O. The molecule has 19 nitrogen and oxygen atoms in total. The fourth-order valence-corrected chi connectivity index (χ4v) is 4.88. The van der Waals surface area contributed by atoms with Crippen LogP contribution in [0.3, 0.4) is 0 Å². The monoisotopic (exact) mass is 779 g/mol. The Labute approximate surface area is 300 Å². The van der Waals surface area contributed by atoms with Crippen LogP contribution in [-0.2, 0) is 85.7 Å². The van der Waals surface area contributed by atoms with E-state index in [0.29, 0.717) is 0 Å². The molecule has 0 aliphatic carbocycles. The van der Waals surface area contributed by atoms with Crippen LogP contribution in [0.1, 0.15) is 48.5 Å². The Balaban J connectivity index is 2.81. The highest BCUT2D eigenvalue weighted by Gasteiger charge is 2.58. The van der Waals surface area contributed by atoms with E-state index in [4.69, 9.17) is 92.3 Å². The van der Waals surface area contributed by atoms with Crippen molar-refractivity contribution in [3.05, 3.63) is 0 Å². The molecule has 4 unspecified atom stereocenters. The first kappa shape index (κ1) is 42.7. The summed E-state index contributed by atoms with van der Waals surface area (Å²) in [7, 11) is 0. The van der Waals surface area contributed by atoms with Gasteiger partial charge in [-0.15, -0.1) is 0 Å². The van der Waals surface area contributed by atoms with Crippen LogP contribution in [0.4, 0.5) is 0 Å². The van der Waals surface area contributed by atoms with Gasteiger partial charge in [0.2, 0.25) is 12.2 Å². The van der Waals surface area contributed by atoms with Crippen LogP contribution >= 0.6 is 34.8 Å². The molecule has 0 spiro atoms. The van der Waals surface area contributed by atoms with Crippen LogP contribution in [0.2, 0.25) is 0 Å². The second kappa shape index (κ2) is 18.7. The maximum Gasteiger partial charge on any atom is 0.303 e. The first-order valence-electron chi connectivity index (χ1n) is 14.5. The van der Waals surface area contributed by atoms with E-state index in [9.17, 15) is 33.6 Å². The first-order chi connectivity index (χ1) is 23.1. The van der Waals surface area contributed by atoms with Gasteiger partial charge in [0.05, 0.1) is 0 Å². The lowest BCUT2D eigenvalue weighted by Crippen LogP contribution is -2.67. The van der Waals surface area contributed by atoms with E-state index in [-0.39, 0.29) is 0 Å². The van der Waals surface area contributed by atoms with Crippen molar-refractivity contribution in [1.82, 2.24) is 0 Å². The lowest BCUT2D eigenvalue weighted by molar-refractivity contribution is -0.356. The molecule has 2 aliphatic heterocycles. The maximum absolute atomic E-state index is 12.4. The van der Waals surface area contributed by atoms with Gasteiger partial charge in [-0.1, -0.05) is 34.8 Å². The van der Waals surface area contributed by atoms with Crippen LogP contribution in [0.15, 0.2) is 0 Å². The molecule has 22 heteroatoms. The number of esters is 7. The molecule has 0 radical (unpaired) electrons. The zero-order chi connectivity index (χ0) is 38.1. The van der Waals surface area contributed by atoms with Gasteiger partial charge in [0.25, 0.3) is 3.79 Å². The van der Waals surface area contributed by atoms with Crippen LogP contribution < -0.4 is 0 Å². The largest absolute Gasteiger partial charge is 0.463 e. The van der Waals surface area contributed by atoms with Crippen LogP contribution in [0, 0.1) is 5.41 Å². The van der Waals surface area contributed by atoms with Gasteiger partial charge in [0, 0.05) is 48.5 Å². The van der Waals surface area contributed by atoms with Gasteiger partial charge in [-0.2, -0.15) is 0 Å². The summed E-state index contributed by atoms with van der Waals surface area (Å²) in [6.45, 7) is 5.80. The molecule has 1 N–H and O–H groups in total. The summed E-state index contributed by atoms with van der Waals surface area (Å²) in [6.07, 6.45) is -17.2. The molecule has 282 valence electrons. The molecule has 0 bridgehead atoms. The van der Waals surface area contributed by atoms with Crippen molar-refractivity contribution in [2.24, 2.45) is 0 Å². The van der Waals surface area contributed by atoms with Crippen LogP contribution in [-0.4, -0.2) is 126 Å². The normalized spacial score (nSPS) is 29.3. The van der Waals surface area contributed by atoms with Crippen LogP contribution in [0.25, 0.3) is 0 Å². The summed E-state index contributed by atoms with van der Waals surface area (Å²) in [6, 6.07) is 0. The molecule has 0 aromatic carbocycles. The quantitative estimate of drug-likeness (QED) is 0.0953. The number of carbonyl (C=O) groups is 7. The van der Waals surface area contributed by atoms with Crippen molar-refractivity contribution >= 4 is 82.5 Å². The second-order valence-electron chi connectivity index (χ2n) is 10.6. The van der Waals surface area contributed by atoms with E-state index >= 15 is 0 Å². The minimum absolute atomic E-state index is 0.632. The van der Waals surface area contributed by atoms with Gasteiger partial charge >= 0.3 is 41.8 Å². The predicted octanol–water partition coefficient (Wildman–Crippen LogP) is 0.970. The van der Waals surface area contributed by atoms with Gasteiger partial charge in [0.15, 0.2) is 36.8 Å². The van der Waals surface area contributed by atoms with Crippen molar-refractivity contribution in [2.75, 3.05) is 13.2 Å². The number of halogens is 3. The first-order valence-corrected chi connectivity index (χ1v) is 15.7. The minimum atomic E-state index is -2.47. The summed E-state index contributed by atoms with van der Waals surface area (Å²) in [5, 5.41) is 8.09. The lowest BCUT2D eigenvalue weighted by Gasteiger charge is -2.48. The Bertz CT molecular complexity index is 1310. The van der Waals surface area contributed by atoms with Gasteiger partial charge in [-0.05, 0) is 0 Å². The van der Waals surface area contributed by atoms with Crippen LogP contribution in [0.5, 0.6) is 0 Å². The fraction of sp³-hybridized carbons (Fsp3) is 0.714. The highest BCUT2D eigenvalue weighted by atomic mass is 35.6. The highest BCUT2D eigenvalue weighted by molar-refractivity contribution is 6.76. The third-order valence-electron chi connectivity index (χ3n) is 6.38. The van der Waals surface area contributed by atoms with Crippen molar-refractivity contribution in [1.29, 1.82) is 5.41 Å². The van der Waals surface area contributed by atoms with E-state index < -0.39 is 126 Å². The van der Waals surface area contributed by atoms with Crippen molar-refractivity contribution < 1.29 is 85.7 Å². The van der Waals surface area contributed by atoms with Crippen molar-refractivity contribution in [3.63, 3.8) is 0 Å². The number of carbonyl (C=O) groups excluding carboxylic acids is 7. The summed E-state index contributed by atoms with van der Waals surface area (Å²) in [4.78, 5) is 85.0. The molecule has 0 amide bonds. The van der Waals surface area contributed by atoms with Gasteiger partial charge in [0.1, 0.15) is 31.5 Å². The second-order valence-corrected chi connectivity index (χ2v) is 12.9. The third-order valence-corrected chi connectivity index (χ3v) is 6.89. The highest BCUT2D eigenvalue weighted by Crippen LogP contribution is 2.37. The molecule has 10 atom stereocenters. The van der Waals surface area contributed by atoms with Gasteiger partial charge in [-0.25, -0.2) is 0 Å². The summed E-state index contributed by atoms with van der Waals surface area (Å²) in [5.74, 6) is -7.40. The summed E-state index contributed by atoms with van der Waals surface area (Å²) < 4.78 is 58.1. The molecule has 2 heterocycles. The fourth-order valence-electron chi connectivity index (χ4n) is 4.75. The van der Waals surface area contributed by atoms with Crippen molar-refractivity contribution in [2.45, 2.75) is 114 Å². The Kier molecular flexibility index (Phi) is 15.9. The van der Waals surface area contributed by atoms with Crippen molar-refractivity contribution in [3.8, 4) is 0 Å². The molecule has 0 saturated carbocycles. The Morgan fingerprint density at radius 1 is 0.500 bits per heavy atom. The Morgan fingerprint density at radius 2 is 0.840 bits per heavy atom. The van der Waals surface area contributed by atoms with Gasteiger partial charge < -0.3 is 52.1 Å². The molecule has 2 rings (SSSR count). The molecular formula is C28H36Cl3NO18. The Morgan fingerprint density at radius 3 is 1.22 bits per heavy atom. The number of nitrogens with one attached hydrogen (secondary N) is 1. The summed E-state index contributed by atoms with van der Waals surface area (Å²) >= 11 is 17.4. The lowest BCUT2D eigenvalue weighted by atomic mass is 9.96. The molecule has 0 aromatic rings. The smallest absolute Gasteiger partial charge is 0.303 e. The molecular weight excluding hydrogens is 745 g/mol. The summed E-state index contributed by atoms with van der Waals surface area (Å²) in [5.41, 5.74) is 0. The van der Waals surface area contributed by atoms with E-state index in [1.165, 1.54) is 0 Å². The zero-order valence-corrected chi connectivity index (χ0v) is 29.9. The third kappa shape index (κ3) is 13.0. The van der Waals surface area contributed by atoms with Gasteiger partial charge in [-0.3, -0.25) is 39.0 Å². The predicted molar refractivity (Wildman–Crippen MR) is 162 cm³/mol. The number of ether oxygens (including phenoxy) is 11. The van der Waals surface area contributed by atoms with E-state index in [1.54, 1.807) is 0 Å². The Hall–Kier alpha value is -3.49. The molecule has 2 aliphatic rings. The number of alkyl halides is 3. The standard InChI is InChI=1S/C28H36Cl3NO18/c1-10(33)40-8-17-19(42-12(3)35)21(44-14(5)37)23(45-15(6)38)25(47-17)49-22-20(43-13(4)36)18(9-41-11(2)34)48-26(24(22)46-16(7)39)50-27(32)28(29,30)31/h17-26,32H,8-9H2,1-7H3/t17?,18?,19-,20-,21+,22+,23?,24?,25+,26-/m1/s1. The molecule has 2 saturated heterocycles. The topological polar surface area (TPSA) is 245 Å². The average molecular weight is 781 g/mol. The zero-order valence-electron chi connectivity index (χ0n) is 27.7. The number of rotatable bonds is 12. The van der Waals surface area contributed by atoms with E-state index in [2.05, 4.69) is 0 Å². The molecule has 50 heavy (non-hydrogen) atoms. The number of hydrogen-bond acceptors (Lipinski definition) is 19.